The Hall–Kier alpha value is -0.630. The number of hydrogen-bond acceptors (Lipinski definition) is 4. The third-order valence-electron chi connectivity index (χ3n) is 1.90. The molecule has 0 aliphatic rings. The maximum Gasteiger partial charge on any atom is 0.242 e. The molecule has 0 unspecified atom stereocenters. The van der Waals surface area contributed by atoms with E-state index in [1.54, 1.807) is 13.0 Å². The van der Waals surface area contributed by atoms with Crippen LogP contribution in [0, 0.1) is 0 Å². The van der Waals surface area contributed by atoms with Gasteiger partial charge in [0.1, 0.15) is 4.90 Å². The first-order valence-electron chi connectivity index (χ1n) is 4.55. The number of aliphatic hydroxyl groups is 1. The van der Waals surface area contributed by atoms with Gasteiger partial charge in [0, 0.05) is 10.5 Å². The van der Waals surface area contributed by atoms with Crippen molar-refractivity contribution in [3.05, 3.63) is 22.7 Å². The molecule has 0 heterocycles. The molecular weight excluding hydrogens is 296 g/mol. The molecule has 1 rings (SSSR count). The van der Waals surface area contributed by atoms with Crippen molar-refractivity contribution in [1.29, 1.82) is 0 Å². The van der Waals surface area contributed by atoms with Gasteiger partial charge >= 0.3 is 0 Å². The van der Waals surface area contributed by atoms with Gasteiger partial charge in [-0.15, -0.1) is 0 Å². The number of anilines is 1. The van der Waals surface area contributed by atoms with Crippen LogP contribution in [-0.2, 0) is 10.0 Å². The number of aliphatic hydroxyl groups excluding tert-OH is 1. The highest BCUT2D eigenvalue weighted by molar-refractivity contribution is 9.10. The van der Waals surface area contributed by atoms with E-state index >= 15 is 0 Å². The minimum Gasteiger partial charge on any atom is -0.398 e. The Bertz CT molecular complexity index is 476. The maximum atomic E-state index is 11.9. The quantitative estimate of drug-likeness (QED) is 0.714. The van der Waals surface area contributed by atoms with Crippen molar-refractivity contribution in [3.8, 4) is 0 Å². The molecule has 0 aliphatic carbocycles. The van der Waals surface area contributed by atoms with E-state index in [1.165, 1.54) is 12.1 Å². The van der Waals surface area contributed by atoms with Crippen LogP contribution in [-0.4, -0.2) is 26.2 Å². The van der Waals surface area contributed by atoms with Crippen LogP contribution >= 0.6 is 15.9 Å². The van der Waals surface area contributed by atoms with Crippen molar-refractivity contribution in [1.82, 2.24) is 4.72 Å². The molecule has 0 spiro atoms. The summed E-state index contributed by atoms with van der Waals surface area (Å²) < 4.78 is 26.6. The standard InChI is InChI=1S/C9H13BrN2O3S/c1-6(5-13)12-16(14,15)9-4-7(10)2-3-8(9)11/h2-4,6,12-13H,5,11H2,1H3/t6-/m0/s1. The number of benzene rings is 1. The SMILES string of the molecule is C[C@@H](CO)NS(=O)(=O)c1cc(Br)ccc1N. The normalized spacial score (nSPS) is 13.7. The molecule has 1 aromatic carbocycles. The van der Waals surface area contributed by atoms with E-state index in [0.717, 1.165) is 0 Å². The summed E-state index contributed by atoms with van der Waals surface area (Å²) in [5, 5.41) is 8.80. The summed E-state index contributed by atoms with van der Waals surface area (Å²) >= 11 is 3.17. The number of nitrogens with two attached hydrogens (primary N) is 1. The second-order valence-corrected chi connectivity index (χ2v) is 5.99. The molecule has 1 atom stereocenters. The molecule has 0 aliphatic heterocycles. The molecule has 0 aromatic heterocycles. The molecule has 16 heavy (non-hydrogen) atoms. The van der Waals surface area contributed by atoms with Crippen LogP contribution in [0.2, 0.25) is 0 Å². The molecule has 7 heteroatoms. The number of rotatable bonds is 4. The molecule has 0 bridgehead atoms. The number of hydrogen-bond donors (Lipinski definition) is 3. The van der Waals surface area contributed by atoms with Gasteiger partial charge in [-0.2, -0.15) is 0 Å². The molecule has 1 aromatic rings. The summed E-state index contributed by atoms with van der Waals surface area (Å²) in [7, 11) is -3.69. The second-order valence-electron chi connectivity index (χ2n) is 3.39. The van der Waals surface area contributed by atoms with Crippen molar-refractivity contribution in [2.24, 2.45) is 0 Å². The van der Waals surface area contributed by atoms with Crippen molar-refractivity contribution < 1.29 is 13.5 Å². The zero-order valence-corrected chi connectivity index (χ0v) is 11.0. The summed E-state index contributed by atoms with van der Waals surface area (Å²) in [5.74, 6) is 0. The Morgan fingerprint density at radius 3 is 2.75 bits per heavy atom. The van der Waals surface area contributed by atoms with Gasteiger partial charge in [-0.05, 0) is 25.1 Å². The third kappa shape index (κ3) is 3.18. The van der Waals surface area contributed by atoms with Crippen LogP contribution in [0.1, 0.15) is 6.92 Å². The van der Waals surface area contributed by atoms with Crippen molar-refractivity contribution in [3.63, 3.8) is 0 Å². The highest BCUT2D eigenvalue weighted by atomic mass is 79.9. The Kier molecular flexibility index (Phi) is 4.31. The Balaban J connectivity index is 3.12. The van der Waals surface area contributed by atoms with Crippen LogP contribution in [0.5, 0.6) is 0 Å². The van der Waals surface area contributed by atoms with Gasteiger partial charge in [0.2, 0.25) is 10.0 Å². The molecule has 0 saturated carbocycles. The van der Waals surface area contributed by atoms with Crippen LogP contribution in [0.4, 0.5) is 5.69 Å². The molecule has 5 nitrogen and oxygen atoms in total. The van der Waals surface area contributed by atoms with Crippen LogP contribution in [0.25, 0.3) is 0 Å². The fraction of sp³-hybridized carbons (Fsp3) is 0.333. The van der Waals surface area contributed by atoms with Gasteiger partial charge < -0.3 is 10.8 Å². The monoisotopic (exact) mass is 308 g/mol. The number of sulfonamides is 1. The topological polar surface area (TPSA) is 92.4 Å². The minimum atomic E-state index is -3.69. The van der Waals surface area contributed by atoms with Crippen molar-refractivity contribution in [2.75, 3.05) is 12.3 Å². The maximum absolute atomic E-state index is 11.9. The van der Waals surface area contributed by atoms with E-state index in [2.05, 4.69) is 20.7 Å². The van der Waals surface area contributed by atoms with Gasteiger partial charge in [0.05, 0.1) is 12.3 Å². The van der Waals surface area contributed by atoms with Gasteiger partial charge in [-0.25, -0.2) is 13.1 Å². The lowest BCUT2D eigenvalue weighted by Gasteiger charge is -2.13. The zero-order valence-electron chi connectivity index (χ0n) is 8.64. The van der Waals surface area contributed by atoms with Crippen LogP contribution < -0.4 is 10.5 Å². The lowest BCUT2D eigenvalue weighted by molar-refractivity contribution is 0.265. The first kappa shape index (κ1) is 13.4. The van der Waals surface area contributed by atoms with Crippen LogP contribution in [0.3, 0.4) is 0 Å². The fourth-order valence-corrected chi connectivity index (χ4v) is 3.01. The van der Waals surface area contributed by atoms with E-state index in [0.29, 0.717) is 4.47 Å². The van der Waals surface area contributed by atoms with Crippen molar-refractivity contribution in [2.45, 2.75) is 17.9 Å². The minimum absolute atomic E-state index is 0.00201. The van der Waals surface area contributed by atoms with Crippen LogP contribution in [0.15, 0.2) is 27.6 Å². The number of nitrogen functional groups attached to an aromatic ring is 1. The summed E-state index contributed by atoms with van der Waals surface area (Å²) in [6, 6.07) is 4.02. The first-order chi connectivity index (χ1) is 7.36. The van der Waals surface area contributed by atoms with Gasteiger partial charge in [0.25, 0.3) is 0 Å². The largest absolute Gasteiger partial charge is 0.398 e. The summed E-state index contributed by atoms with van der Waals surface area (Å²) in [4.78, 5) is 0.00201. The summed E-state index contributed by atoms with van der Waals surface area (Å²) in [6.07, 6.45) is 0. The molecule has 0 amide bonds. The van der Waals surface area contributed by atoms with Gasteiger partial charge in [-0.3, -0.25) is 0 Å². The molecule has 4 N–H and O–H groups in total. The molecule has 0 fully saturated rings. The van der Waals surface area contributed by atoms with E-state index in [1.807, 2.05) is 0 Å². The first-order valence-corrected chi connectivity index (χ1v) is 6.82. The zero-order chi connectivity index (χ0) is 12.3. The second kappa shape index (κ2) is 5.13. The van der Waals surface area contributed by atoms with Crippen molar-refractivity contribution >= 4 is 31.6 Å². The molecular formula is C9H13BrN2O3S. The number of nitrogens with one attached hydrogen (secondary N) is 1. The Labute approximate surface area is 103 Å². The predicted molar refractivity (Wildman–Crippen MR) is 65.4 cm³/mol. The predicted octanol–water partition coefficient (Wildman–Crippen LogP) is 0.690. The molecule has 90 valence electrons. The summed E-state index contributed by atoms with van der Waals surface area (Å²) in [6.45, 7) is 1.29. The van der Waals surface area contributed by atoms with Gasteiger partial charge in [-0.1, -0.05) is 15.9 Å². The third-order valence-corrected chi connectivity index (χ3v) is 4.03. The van der Waals surface area contributed by atoms with E-state index in [9.17, 15) is 8.42 Å². The molecule has 0 radical (unpaired) electrons. The Morgan fingerprint density at radius 1 is 1.56 bits per heavy atom. The average molecular weight is 309 g/mol. The van der Waals surface area contributed by atoms with E-state index in [4.69, 9.17) is 10.8 Å². The Morgan fingerprint density at radius 2 is 2.19 bits per heavy atom. The van der Waals surface area contributed by atoms with E-state index in [-0.39, 0.29) is 17.2 Å². The van der Waals surface area contributed by atoms with E-state index < -0.39 is 16.1 Å². The highest BCUT2D eigenvalue weighted by Crippen LogP contribution is 2.22. The fourth-order valence-electron chi connectivity index (χ4n) is 1.11. The number of halogens is 1. The van der Waals surface area contributed by atoms with Gasteiger partial charge in [0.15, 0.2) is 0 Å². The highest BCUT2D eigenvalue weighted by Gasteiger charge is 2.19. The molecule has 0 saturated heterocycles. The lowest BCUT2D eigenvalue weighted by atomic mass is 10.3. The smallest absolute Gasteiger partial charge is 0.242 e. The average Bonchev–Trinajstić information content (AvgIpc) is 2.20. The lowest BCUT2D eigenvalue weighted by Crippen LogP contribution is -2.35. The summed E-state index contributed by atoms with van der Waals surface area (Å²) in [5.41, 5.74) is 5.76.